The Balaban J connectivity index is 1.62. The van der Waals surface area contributed by atoms with Gasteiger partial charge in [-0.1, -0.05) is 42.5 Å². The van der Waals surface area contributed by atoms with E-state index in [1.165, 1.54) is 0 Å². The molecule has 9 heteroatoms. The van der Waals surface area contributed by atoms with Crippen LogP contribution in [-0.4, -0.2) is 72.6 Å². The minimum Gasteiger partial charge on any atom is -0.336 e. The highest BCUT2D eigenvalue weighted by Crippen LogP contribution is 2.26. The van der Waals surface area contributed by atoms with Crippen molar-refractivity contribution in [2.45, 2.75) is 19.8 Å². The lowest BCUT2D eigenvalue weighted by molar-refractivity contribution is 0.0643. The molecule has 1 amide bonds. The third-order valence-electron chi connectivity index (χ3n) is 5.25. The Morgan fingerprint density at radius 3 is 2.70 bits per heavy atom. The quantitative estimate of drug-likeness (QED) is 0.355. The molecule has 0 aliphatic carbocycles. The number of hydrogen-bond donors (Lipinski definition) is 0. The van der Waals surface area contributed by atoms with Crippen molar-refractivity contribution in [3.05, 3.63) is 47.2 Å². The van der Waals surface area contributed by atoms with Crippen LogP contribution in [0.2, 0.25) is 0 Å². The summed E-state index contributed by atoms with van der Waals surface area (Å²) >= 11 is 4.04. The van der Waals surface area contributed by atoms with Gasteiger partial charge in [-0.25, -0.2) is 14.6 Å². The molecule has 0 radical (unpaired) electrons. The van der Waals surface area contributed by atoms with Gasteiger partial charge in [-0.2, -0.15) is 5.10 Å². The SMILES string of the molecule is CC(C)c1c(C(=O)N2CCN(CCI)CC2)cnn1-c1nccc(-c2cccs2)n1. The second kappa shape index (κ2) is 9.52. The van der Waals surface area contributed by atoms with E-state index < -0.39 is 0 Å². The molecule has 0 unspecified atom stereocenters. The topological polar surface area (TPSA) is 67.2 Å². The highest BCUT2D eigenvalue weighted by Gasteiger charge is 2.28. The van der Waals surface area contributed by atoms with Crippen molar-refractivity contribution < 1.29 is 4.79 Å². The number of carbonyl (C=O) groups excluding carboxylic acids is 1. The molecule has 1 aliphatic rings. The molecule has 0 N–H and O–H groups in total. The largest absolute Gasteiger partial charge is 0.336 e. The highest BCUT2D eigenvalue weighted by atomic mass is 127. The third kappa shape index (κ3) is 4.42. The van der Waals surface area contributed by atoms with Crippen LogP contribution in [0.3, 0.4) is 0 Å². The summed E-state index contributed by atoms with van der Waals surface area (Å²) < 4.78 is 2.84. The summed E-state index contributed by atoms with van der Waals surface area (Å²) in [6.45, 7) is 8.58. The summed E-state index contributed by atoms with van der Waals surface area (Å²) in [7, 11) is 0. The van der Waals surface area contributed by atoms with Crippen LogP contribution in [0.25, 0.3) is 16.5 Å². The number of carbonyl (C=O) groups is 1. The fraction of sp³-hybridized carbons (Fsp3) is 0.429. The van der Waals surface area contributed by atoms with E-state index in [1.54, 1.807) is 28.4 Å². The molecule has 3 aromatic rings. The molecule has 0 aromatic carbocycles. The molecule has 4 rings (SSSR count). The summed E-state index contributed by atoms with van der Waals surface area (Å²) in [5, 5.41) is 6.56. The molecular weight excluding hydrogens is 511 g/mol. The van der Waals surface area contributed by atoms with Crippen molar-refractivity contribution in [1.82, 2.24) is 29.5 Å². The molecule has 0 spiro atoms. The van der Waals surface area contributed by atoms with Crippen molar-refractivity contribution in [3.8, 4) is 16.5 Å². The minimum absolute atomic E-state index is 0.0495. The number of rotatable bonds is 6. The van der Waals surface area contributed by atoms with Gasteiger partial charge in [0.1, 0.15) is 0 Å². The molecule has 3 aromatic heterocycles. The standard InChI is InChI=1S/C21H25IN6OS/c1-15(2)19-16(20(29)27-11-9-26(8-6-22)10-12-27)14-24-28(19)21-23-7-5-17(25-21)18-4-3-13-30-18/h3-5,7,13-15H,6,8-12H2,1-2H3. The van der Waals surface area contributed by atoms with E-state index in [9.17, 15) is 4.79 Å². The summed E-state index contributed by atoms with van der Waals surface area (Å²) in [5.41, 5.74) is 2.37. The zero-order chi connectivity index (χ0) is 21.1. The number of alkyl halides is 1. The molecule has 1 saturated heterocycles. The zero-order valence-electron chi connectivity index (χ0n) is 17.2. The van der Waals surface area contributed by atoms with Gasteiger partial charge >= 0.3 is 0 Å². The fourth-order valence-corrected chi connectivity index (χ4v) is 5.09. The summed E-state index contributed by atoms with van der Waals surface area (Å²) in [5.74, 6) is 0.657. The summed E-state index contributed by atoms with van der Waals surface area (Å²) in [6, 6.07) is 5.94. The Labute approximate surface area is 194 Å². The van der Waals surface area contributed by atoms with Crippen LogP contribution >= 0.6 is 33.9 Å². The van der Waals surface area contributed by atoms with Crippen LogP contribution in [0.5, 0.6) is 0 Å². The van der Waals surface area contributed by atoms with Crippen molar-refractivity contribution in [3.63, 3.8) is 0 Å². The van der Waals surface area contributed by atoms with Crippen molar-refractivity contribution in [2.24, 2.45) is 0 Å². The Morgan fingerprint density at radius 1 is 1.23 bits per heavy atom. The van der Waals surface area contributed by atoms with E-state index in [0.29, 0.717) is 11.5 Å². The Hall–Kier alpha value is -1.85. The lowest BCUT2D eigenvalue weighted by atomic mass is 10.0. The van der Waals surface area contributed by atoms with E-state index in [0.717, 1.165) is 53.4 Å². The minimum atomic E-state index is 0.0495. The average molecular weight is 536 g/mol. The van der Waals surface area contributed by atoms with E-state index in [4.69, 9.17) is 4.98 Å². The van der Waals surface area contributed by atoms with Gasteiger partial charge in [0.2, 0.25) is 0 Å². The number of nitrogens with zero attached hydrogens (tertiary/aromatic N) is 6. The van der Waals surface area contributed by atoms with E-state index in [1.807, 2.05) is 28.5 Å². The molecule has 1 aliphatic heterocycles. The number of thiophene rings is 1. The van der Waals surface area contributed by atoms with Crippen molar-refractivity contribution in [2.75, 3.05) is 37.2 Å². The van der Waals surface area contributed by atoms with Crippen molar-refractivity contribution >= 4 is 39.8 Å². The van der Waals surface area contributed by atoms with Gasteiger partial charge < -0.3 is 4.90 Å². The monoisotopic (exact) mass is 536 g/mol. The number of aromatic nitrogens is 4. The van der Waals surface area contributed by atoms with Gasteiger partial charge in [-0.05, 0) is 23.4 Å². The van der Waals surface area contributed by atoms with Gasteiger partial charge in [0, 0.05) is 43.3 Å². The van der Waals surface area contributed by atoms with Crippen LogP contribution in [0.15, 0.2) is 36.0 Å². The smallest absolute Gasteiger partial charge is 0.257 e. The van der Waals surface area contributed by atoms with Crippen LogP contribution in [0, 0.1) is 0 Å². The summed E-state index contributed by atoms with van der Waals surface area (Å²) in [6.07, 6.45) is 3.42. The molecule has 30 heavy (non-hydrogen) atoms. The molecule has 0 saturated carbocycles. The van der Waals surface area contributed by atoms with E-state index in [2.05, 4.69) is 51.4 Å². The number of piperazine rings is 1. The van der Waals surface area contributed by atoms with Crippen LogP contribution in [0.1, 0.15) is 35.8 Å². The van der Waals surface area contributed by atoms with E-state index in [-0.39, 0.29) is 11.8 Å². The lowest BCUT2D eigenvalue weighted by Crippen LogP contribution is -2.49. The van der Waals surface area contributed by atoms with Crippen LogP contribution < -0.4 is 0 Å². The lowest BCUT2D eigenvalue weighted by Gasteiger charge is -2.34. The Morgan fingerprint density at radius 2 is 2.03 bits per heavy atom. The number of amides is 1. The maximum Gasteiger partial charge on any atom is 0.257 e. The number of hydrogen-bond acceptors (Lipinski definition) is 6. The highest BCUT2D eigenvalue weighted by molar-refractivity contribution is 14.1. The normalized spacial score (nSPS) is 15.1. The second-order valence-corrected chi connectivity index (χ2v) is 9.58. The molecule has 158 valence electrons. The zero-order valence-corrected chi connectivity index (χ0v) is 20.1. The summed E-state index contributed by atoms with van der Waals surface area (Å²) in [4.78, 5) is 27.9. The first kappa shape index (κ1) is 21.4. The molecule has 0 atom stereocenters. The van der Waals surface area contributed by atoms with Gasteiger partial charge in [-0.15, -0.1) is 11.3 Å². The molecular formula is C21H25IN6OS. The maximum atomic E-state index is 13.3. The predicted molar refractivity (Wildman–Crippen MR) is 128 cm³/mol. The third-order valence-corrected chi connectivity index (χ3v) is 6.62. The second-order valence-electron chi connectivity index (χ2n) is 7.55. The fourth-order valence-electron chi connectivity index (χ4n) is 3.71. The van der Waals surface area contributed by atoms with Gasteiger partial charge in [0.05, 0.1) is 28.0 Å². The van der Waals surface area contributed by atoms with Crippen LogP contribution in [-0.2, 0) is 0 Å². The molecule has 1 fully saturated rings. The van der Waals surface area contributed by atoms with Gasteiger partial charge in [-0.3, -0.25) is 9.69 Å². The predicted octanol–water partition coefficient (Wildman–Crippen LogP) is 3.71. The molecule has 7 nitrogen and oxygen atoms in total. The first-order valence-electron chi connectivity index (χ1n) is 10.1. The van der Waals surface area contributed by atoms with Gasteiger partial charge in [0.25, 0.3) is 11.9 Å². The Bertz CT molecular complexity index is 995. The Kier molecular flexibility index (Phi) is 6.79. The van der Waals surface area contributed by atoms with Crippen molar-refractivity contribution in [1.29, 1.82) is 0 Å². The molecule has 4 heterocycles. The first-order chi connectivity index (χ1) is 14.6. The molecule has 0 bridgehead atoms. The van der Waals surface area contributed by atoms with E-state index >= 15 is 0 Å². The average Bonchev–Trinajstić information content (AvgIpc) is 3.44. The maximum absolute atomic E-state index is 13.3. The number of halogens is 1. The van der Waals surface area contributed by atoms with Gasteiger partial charge in [0.15, 0.2) is 0 Å². The van der Waals surface area contributed by atoms with Crippen LogP contribution in [0.4, 0.5) is 0 Å². The first-order valence-corrected chi connectivity index (χ1v) is 12.5.